The number of halogens is 1. The highest BCUT2D eigenvalue weighted by Crippen LogP contribution is 2.22. The molecule has 130 valence electrons. The molecule has 0 aliphatic carbocycles. The maximum atomic E-state index is 11.9. The van der Waals surface area contributed by atoms with E-state index >= 15 is 0 Å². The molecular formula is C17H31BrO4. The number of carbonyl (C=O) groups excluding carboxylic acids is 2. The van der Waals surface area contributed by atoms with Crippen molar-refractivity contribution in [2.45, 2.75) is 77.0 Å². The van der Waals surface area contributed by atoms with Gasteiger partial charge in [0.15, 0.2) is 5.92 Å². The Morgan fingerprint density at radius 3 is 1.86 bits per heavy atom. The number of carbonyl (C=O) groups is 2. The van der Waals surface area contributed by atoms with E-state index in [4.69, 9.17) is 9.47 Å². The molecule has 4 nitrogen and oxygen atoms in total. The third kappa shape index (κ3) is 10.2. The highest BCUT2D eigenvalue weighted by Gasteiger charge is 2.31. The molecule has 0 heterocycles. The molecular weight excluding hydrogens is 348 g/mol. The summed E-state index contributed by atoms with van der Waals surface area (Å²) in [4.78, 5) is 23.9. The lowest BCUT2D eigenvalue weighted by Crippen LogP contribution is -2.30. The molecule has 5 heteroatoms. The van der Waals surface area contributed by atoms with Gasteiger partial charge in [-0.25, -0.2) is 0 Å². The quantitative estimate of drug-likeness (QED) is 0.203. The van der Waals surface area contributed by atoms with E-state index in [1.54, 1.807) is 13.8 Å². The fourth-order valence-electron chi connectivity index (χ4n) is 2.29. The highest BCUT2D eigenvalue weighted by molar-refractivity contribution is 9.09. The van der Waals surface area contributed by atoms with Crippen molar-refractivity contribution in [1.29, 1.82) is 0 Å². The maximum absolute atomic E-state index is 11.9. The average molecular weight is 379 g/mol. The van der Waals surface area contributed by atoms with Crippen LogP contribution in [0.2, 0.25) is 0 Å². The monoisotopic (exact) mass is 378 g/mol. The molecule has 22 heavy (non-hydrogen) atoms. The Hall–Kier alpha value is -0.580. The Kier molecular flexibility index (Phi) is 13.7. The first kappa shape index (κ1) is 21.4. The standard InChI is InChI=1S/C17H31BrO4/c1-4-7-8-9-10-11-12-14(18)13-15(16(19)21-5-2)17(20)22-6-3/h14-15H,4-13H2,1-3H3. The van der Waals surface area contributed by atoms with Crippen LogP contribution in [0.1, 0.15) is 72.1 Å². The Balaban J connectivity index is 4.17. The predicted molar refractivity (Wildman–Crippen MR) is 92.1 cm³/mol. The van der Waals surface area contributed by atoms with Crippen LogP contribution in [-0.4, -0.2) is 30.0 Å². The number of hydrogen-bond acceptors (Lipinski definition) is 4. The molecule has 0 saturated heterocycles. The van der Waals surface area contributed by atoms with Crippen molar-refractivity contribution in [3.63, 3.8) is 0 Å². The average Bonchev–Trinajstić information content (AvgIpc) is 2.48. The van der Waals surface area contributed by atoms with Crippen molar-refractivity contribution >= 4 is 27.9 Å². The number of alkyl halides is 1. The van der Waals surface area contributed by atoms with Crippen molar-refractivity contribution in [2.24, 2.45) is 5.92 Å². The van der Waals surface area contributed by atoms with Gasteiger partial charge in [0.1, 0.15) is 0 Å². The van der Waals surface area contributed by atoms with Crippen molar-refractivity contribution in [3.05, 3.63) is 0 Å². The summed E-state index contributed by atoms with van der Waals surface area (Å²) in [6.07, 6.45) is 8.80. The topological polar surface area (TPSA) is 52.6 Å². The molecule has 0 spiro atoms. The molecule has 0 rings (SSSR count). The van der Waals surface area contributed by atoms with Crippen LogP contribution in [0.3, 0.4) is 0 Å². The van der Waals surface area contributed by atoms with Gasteiger partial charge in [-0.3, -0.25) is 9.59 Å². The van der Waals surface area contributed by atoms with Crippen molar-refractivity contribution in [2.75, 3.05) is 13.2 Å². The number of unbranched alkanes of at least 4 members (excludes halogenated alkanes) is 5. The summed E-state index contributed by atoms with van der Waals surface area (Å²) in [5, 5.41) is 0. The van der Waals surface area contributed by atoms with E-state index in [9.17, 15) is 9.59 Å². The van der Waals surface area contributed by atoms with Gasteiger partial charge in [0.25, 0.3) is 0 Å². The van der Waals surface area contributed by atoms with Crippen molar-refractivity contribution in [1.82, 2.24) is 0 Å². The number of hydrogen-bond donors (Lipinski definition) is 0. The molecule has 0 saturated carbocycles. The van der Waals surface area contributed by atoms with Crippen LogP contribution in [-0.2, 0) is 19.1 Å². The van der Waals surface area contributed by atoms with E-state index in [1.165, 1.54) is 32.1 Å². The second kappa shape index (κ2) is 14.0. The van der Waals surface area contributed by atoms with Gasteiger partial charge in [-0.05, 0) is 26.7 Å². The summed E-state index contributed by atoms with van der Waals surface area (Å²) in [6.45, 7) is 6.24. The fraction of sp³-hybridized carbons (Fsp3) is 0.882. The van der Waals surface area contributed by atoms with Crippen molar-refractivity contribution < 1.29 is 19.1 Å². The van der Waals surface area contributed by atoms with E-state index in [1.807, 2.05) is 0 Å². The first-order valence-electron chi connectivity index (χ1n) is 8.54. The molecule has 0 amide bonds. The van der Waals surface area contributed by atoms with E-state index < -0.39 is 17.9 Å². The Labute approximate surface area is 143 Å². The fourth-order valence-corrected chi connectivity index (χ4v) is 2.99. The molecule has 0 aliphatic rings. The molecule has 1 atom stereocenters. The normalized spacial score (nSPS) is 12.2. The Bertz CT molecular complexity index is 289. The predicted octanol–water partition coefficient (Wildman–Crippen LogP) is 4.63. The van der Waals surface area contributed by atoms with Gasteiger partial charge in [-0.1, -0.05) is 61.4 Å². The lowest BCUT2D eigenvalue weighted by Gasteiger charge is -2.17. The smallest absolute Gasteiger partial charge is 0.320 e. The molecule has 0 fully saturated rings. The van der Waals surface area contributed by atoms with Gasteiger partial charge in [0, 0.05) is 4.83 Å². The maximum Gasteiger partial charge on any atom is 0.320 e. The SMILES string of the molecule is CCCCCCCCC(Br)CC(C(=O)OCC)C(=O)OCC. The minimum Gasteiger partial charge on any atom is -0.465 e. The summed E-state index contributed by atoms with van der Waals surface area (Å²) in [5.74, 6) is -1.77. The largest absolute Gasteiger partial charge is 0.465 e. The summed E-state index contributed by atoms with van der Waals surface area (Å²) >= 11 is 3.58. The van der Waals surface area contributed by atoms with Gasteiger partial charge in [0.05, 0.1) is 13.2 Å². The summed E-state index contributed by atoms with van der Waals surface area (Å²) in [7, 11) is 0. The van der Waals surface area contributed by atoms with Crippen LogP contribution in [0, 0.1) is 5.92 Å². The second-order valence-corrected chi connectivity index (χ2v) is 6.74. The third-order valence-electron chi connectivity index (χ3n) is 3.50. The summed E-state index contributed by atoms with van der Waals surface area (Å²) in [6, 6.07) is 0. The Morgan fingerprint density at radius 1 is 0.864 bits per heavy atom. The zero-order valence-electron chi connectivity index (χ0n) is 14.2. The first-order valence-corrected chi connectivity index (χ1v) is 9.45. The van der Waals surface area contributed by atoms with Crippen LogP contribution in [0.4, 0.5) is 0 Å². The van der Waals surface area contributed by atoms with Crippen LogP contribution in [0.15, 0.2) is 0 Å². The molecule has 1 unspecified atom stereocenters. The number of esters is 2. The van der Waals surface area contributed by atoms with Crippen LogP contribution < -0.4 is 0 Å². The molecule has 0 radical (unpaired) electrons. The van der Waals surface area contributed by atoms with Gasteiger partial charge < -0.3 is 9.47 Å². The van der Waals surface area contributed by atoms with Crippen LogP contribution in [0.5, 0.6) is 0 Å². The molecule has 0 aromatic heterocycles. The summed E-state index contributed by atoms with van der Waals surface area (Å²) in [5.41, 5.74) is 0. The Morgan fingerprint density at radius 2 is 1.36 bits per heavy atom. The zero-order valence-corrected chi connectivity index (χ0v) is 15.8. The first-order chi connectivity index (χ1) is 10.6. The van der Waals surface area contributed by atoms with Gasteiger partial charge in [-0.2, -0.15) is 0 Å². The molecule has 0 aromatic rings. The minimum absolute atomic E-state index is 0.137. The van der Waals surface area contributed by atoms with Gasteiger partial charge >= 0.3 is 11.9 Å². The van der Waals surface area contributed by atoms with E-state index in [-0.39, 0.29) is 18.0 Å². The van der Waals surface area contributed by atoms with Crippen molar-refractivity contribution in [3.8, 4) is 0 Å². The third-order valence-corrected chi connectivity index (χ3v) is 4.34. The zero-order chi connectivity index (χ0) is 16.8. The lowest BCUT2D eigenvalue weighted by molar-refractivity contribution is -0.161. The highest BCUT2D eigenvalue weighted by atomic mass is 79.9. The summed E-state index contributed by atoms with van der Waals surface area (Å²) < 4.78 is 9.96. The number of rotatable bonds is 13. The van der Waals surface area contributed by atoms with Crippen LogP contribution in [0.25, 0.3) is 0 Å². The lowest BCUT2D eigenvalue weighted by atomic mass is 10.00. The van der Waals surface area contributed by atoms with E-state index in [2.05, 4.69) is 22.9 Å². The molecule has 0 aliphatic heterocycles. The van der Waals surface area contributed by atoms with Gasteiger partial charge in [0.2, 0.25) is 0 Å². The second-order valence-electron chi connectivity index (χ2n) is 5.45. The molecule has 0 aromatic carbocycles. The van der Waals surface area contributed by atoms with Gasteiger partial charge in [-0.15, -0.1) is 0 Å². The number of ether oxygens (including phenoxy) is 2. The van der Waals surface area contributed by atoms with E-state index in [0.717, 1.165) is 12.8 Å². The molecule has 0 N–H and O–H groups in total. The minimum atomic E-state index is -0.815. The van der Waals surface area contributed by atoms with E-state index in [0.29, 0.717) is 6.42 Å². The van der Waals surface area contributed by atoms with Crippen LogP contribution >= 0.6 is 15.9 Å². The molecule has 0 bridgehead atoms.